The Morgan fingerprint density at radius 2 is 1.82 bits per heavy atom. The van der Waals surface area contributed by atoms with E-state index in [1.54, 1.807) is 16.7 Å². The number of aryl methyl sites for hydroxylation is 2. The van der Waals surface area contributed by atoms with Gasteiger partial charge in [0.05, 0.1) is 11.4 Å². The second-order valence-electron chi connectivity index (χ2n) is 7.79. The molecule has 0 aliphatic heterocycles. The number of thioether (sulfide) groups is 1. The molecule has 2 aromatic heterocycles. The van der Waals surface area contributed by atoms with Crippen LogP contribution in [-0.2, 0) is 10.5 Å². The van der Waals surface area contributed by atoms with Crippen LogP contribution in [0.3, 0.4) is 0 Å². The van der Waals surface area contributed by atoms with E-state index in [4.69, 9.17) is 4.74 Å². The SMILES string of the molecule is Cc1cccc(OCC(=O)Nc2ccccc2SCc2cc(=O)n3cccc(C)c3n2)c1C. The van der Waals surface area contributed by atoms with E-state index in [1.165, 1.54) is 11.8 Å². The number of aromatic nitrogens is 2. The molecule has 0 unspecified atom stereocenters. The van der Waals surface area contributed by atoms with Crippen LogP contribution in [0.4, 0.5) is 5.69 Å². The van der Waals surface area contributed by atoms with Crippen molar-refractivity contribution in [3.63, 3.8) is 0 Å². The number of amides is 1. The summed E-state index contributed by atoms with van der Waals surface area (Å²) < 4.78 is 7.27. The zero-order valence-electron chi connectivity index (χ0n) is 18.8. The maximum absolute atomic E-state index is 12.5. The van der Waals surface area contributed by atoms with E-state index >= 15 is 0 Å². The van der Waals surface area contributed by atoms with Gasteiger partial charge in [-0.25, -0.2) is 4.98 Å². The van der Waals surface area contributed by atoms with E-state index in [0.29, 0.717) is 28.5 Å². The predicted molar refractivity (Wildman–Crippen MR) is 132 cm³/mol. The van der Waals surface area contributed by atoms with Crippen molar-refractivity contribution in [3.8, 4) is 5.75 Å². The highest BCUT2D eigenvalue weighted by atomic mass is 32.2. The average molecular weight is 460 g/mol. The van der Waals surface area contributed by atoms with Crippen LogP contribution in [0.5, 0.6) is 5.75 Å². The molecule has 2 aromatic carbocycles. The quantitative estimate of drug-likeness (QED) is 0.397. The number of nitrogens with one attached hydrogen (secondary N) is 1. The Morgan fingerprint density at radius 1 is 1.03 bits per heavy atom. The first kappa shape index (κ1) is 22.6. The molecule has 0 saturated heterocycles. The van der Waals surface area contributed by atoms with Gasteiger partial charge < -0.3 is 10.1 Å². The molecule has 4 rings (SSSR count). The van der Waals surface area contributed by atoms with E-state index in [2.05, 4.69) is 10.3 Å². The van der Waals surface area contributed by atoms with Crippen LogP contribution < -0.4 is 15.6 Å². The number of pyridine rings is 1. The molecule has 0 bridgehead atoms. The molecule has 0 atom stereocenters. The molecule has 0 aliphatic rings. The number of rotatable bonds is 7. The average Bonchev–Trinajstić information content (AvgIpc) is 2.80. The highest BCUT2D eigenvalue weighted by molar-refractivity contribution is 7.98. The smallest absolute Gasteiger partial charge is 0.262 e. The van der Waals surface area contributed by atoms with Crippen molar-refractivity contribution in [3.05, 3.63) is 99.6 Å². The standard InChI is InChI=1S/C26H25N3O3S/c1-17-8-6-11-22(19(17)3)32-15-24(30)28-21-10-4-5-12-23(21)33-16-20-14-25(31)29-13-7-9-18(2)26(29)27-20/h4-14H,15-16H2,1-3H3,(H,28,30). The van der Waals surface area contributed by atoms with E-state index < -0.39 is 0 Å². The summed E-state index contributed by atoms with van der Waals surface area (Å²) in [6.45, 7) is 5.84. The predicted octanol–water partition coefficient (Wildman–Crippen LogP) is 4.93. The van der Waals surface area contributed by atoms with Gasteiger partial charge >= 0.3 is 0 Å². The summed E-state index contributed by atoms with van der Waals surface area (Å²) in [5, 5.41) is 2.93. The van der Waals surface area contributed by atoms with Gasteiger partial charge in [0.25, 0.3) is 11.5 Å². The number of fused-ring (bicyclic) bond motifs is 1. The summed E-state index contributed by atoms with van der Waals surface area (Å²) in [5.41, 5.74) is 5.03. The highest BCUT2D eigenvalue weighted by Gasteiger charge is 2.11. The van der Waals surface area contributed by atoms with E-state index in [0.717, 1.165) is 21.6 Å². The summed E-state index contributed by atoms with van der Waals surface area (Å²) in [6, 6.07) is 18.7. The highest BCUT2D eigenvalue weighted by Crippen LogP contribution is 2.29. The zero-order valence-corrected chi connectivity index (χ0v) is 19.6. The van der Waals surface area contributed by atoms with Crippen molar-refractivity contribution in [2.24, 2.45) is 0 Å². The normalized spacial score (nSPS) is 10.9. The van der Waals surface area contributed by atoms with Gasteiger partial charge in [0.15, 0.2) is 6.61 Å². The van der Waals surface area contributed by atoms with Crippen LogP contribution in [0.25, 0.3) is 5.65 Å². The molecule has 0 spiro atoms. The minimum Gasteiger partial charge on any atom is -0.483 e. The van der Waals surface area contributed by atoms with E-state index in [1.807, 2.05) is 75.4 Å². The Hall–Kier alpha value is -3.58. The number of carbonyl (C=O) groups is 1. The fourth-order valence-electron chi connectivity index (χ4n) is 3.44. The van der Waals surface area contributed by atoms with Crippen LogP contribution in [-0.4, -0.2) is 21.9 Å². The number of benzene rings is 2. The fraction of sp³-hybridized carbons (Fsp3) is 0.192. The number of anilines is 1. The molecule has 1 amide bonds. The van der Waals surface area contributed by atoms with Gasteiger partial charge in [-0.05, 0) is 61.7 Å². The molecule has 1 N–H and O–H groups in total. The van der Waals surface area contributed by atoms with Gasteiger partial charge in [0.1, 0.15) is 11.4 Å². The largest absolute Gasteiger partial charge is 0.483 e. The van der Waals surface area contributed by atoms with Crippen molar-refractivity contribution in [1.29, 1.82) is 0 Å². The number of hydrogen-bond acceptors (Lipinski definition) is 5. The van der Waals surface area contributed by atoms with Crippen LogP contribution in [0.1, 0.15) is 22.4 Å². The first-order valence-corrected chi connectivity index (χ1v) is 11.6. The Bertz CT molecular complexity index is 1380. The fourth-order valence-corrected chi connectivity index (χ4v) is 4.34. The molecule has 6 nitrogen and oxygen atoms in total. The number of nitrogens with zero attached hydrogens (tertiary/aromatic N) is 2. The van der Waals surface area contributed by atoms with E-state index in [9.17, 15) is 9.59 Å². The number of ether oxygens (including phenoxy) is 1. The van der Waals surface area contributed by atoms with Gasteiger partial charge in [-0.15, -0.1) is 11.8 Å². The molecule has 0 saturated carbocycles. The molecule has 168 valence electrons. The van der Waals surface area contributed by atoms with Crippen molar-refractivity contribution >= 4 is 29.0 Å². The second-order valence-corrected chi connectivity index (χ2v) is 8.81. The number of hydrogen-bond donors (Lipinski definition) is 1. The first-order valence-electron chi connectivity index (χ1n) is 10.6. The lowest BCUT2D eigenvalue weighted by atomic mass is 10.1. The molecular weight excluding hydrogens is 434 g/mol. The Kier molecular flexibility index (Phi) is 6.79. The minimum absolute atomic E-state index is 0.0778. The molecular formula is C26H25N3O3S. The lowest BCUT2D eigenvalue weighted by Gasteiger charge is -2.13. The molecule has 4 aromatic rings. The summed E-state index contributed by atoms with van der Waals surface area (Å²) in [7, 11) is 0. The third-order valence-electron chi connectivity index (χ3n) is 5.39. The molecule has 0 fully saturated rings. The Morgan fingerprint density at radius 3 is 2.67 bits per heavy atom. The van der Waals surface area contributed by atoms with Gasteiger partial charge in [-0.2, -0.15) is 0 Å². The Balaban J connectivity index is 1.44. The van der Waals surface area contributed by atoms with Gasteiger partial charge in [-0.3, -0.25) is 14.0 Å². The van der Waals surface area contributed by atoms with Gasteiger partial charge in [0, 0.05) is 22.9 Å². The van der Waals surface area contributed by atoms with E-state index in [-0.39, 0.29) is 18.1 Å². The van der Waals surface area contributed by atoms with Crippen molar-refractivity contribution < 1.29 is 9.53 Å². The summed E-state index contributed by atoms with van der Waals surface area (Å²) >= 11 is 1.52. The molecule has 2 heterocycles. The molecule has 0 aliphatic carbocycles. The molecule has 0 radical (unpaired) electrons. The first-order chi connectivity index (χ1) is 15.9. The third-order valence-corrected chi connectivity index (χ3v) is 6.50. The van der Waals surface area contributed by atoms with Crippen molar-refractivity contribution in [1.82, 2.24) is 9.38 Å². The lowest BCUT2D eigenvalue weighted by Crippen LogP contribution is -2.20. The second kappa shape index (κ2) is 9.92. The third kappa shape index (κ3) is 5.26. The number of carbonyl (C=O) groups excluding carboxylic acids is 1. The maximum atomic E-state index is 12.5. The Labute approximate surface area is 196 Å². The zero-order chi connectivity index (χ0) is 23.4. The minimum atomic E-state index is -0.235. The molecule has 33 heavy (non-hydrogen) atoms. The van der Waals surface area contributed by atoms with Crippen LogP contribution >= 0.6 is 11.8 Å². The van der Waals surface area contributed by atoms with Gasteiger partial charge in [0.2, 0.25) is 0 Å². The number of para-hydroxylation sites is 1. The van der Waals surface area contributed by atoms with Crippen LogP contribution in [0.2, 0.25) is 0 Å². The summed E-state index contributed by atoms with van der Waals surface area (Å²) in [4.78, 5) is 30.5. The van der Waals surface area contributed by atoms with Crippen molar-refractivity contribution in [2.75, 3.05) is 11.9 Å². The lowest BCUT2D eigenvalue weighted by molar-refractivity contribution is -0.118. The molecule has 7 heteroatoms. The maximum Gasteiger partial charge on any atom is 0.262 e. The van der Waals surface area contributed by atoms with Crippen LogP contribution in [0.15, 0.2) is 76.6 Å². The summed E-state index contributed by atoms with van der Waals surface area (Å²) in [6.07, 6.45) is 1.72. The van der Waals surface area contributed by atoms with Crippen LogP contribution in [0, 0.1) is 20.8 Å². The van der Waals surface area contributed by atoms with Crippen molar-refractivity contribution in [2.45, 2.75) is 31.4 Å². The summed E-state index contributed by atoms with van der Waals surface area (Å²) in [5.74, 6) is 0.977. The monoisotopic (exact) mass is 459 g/mol. The van der Waals surface area contributed by atoms with Gasteiger partial charge in [-0.1, -0.05) is 30.3 Å². The topological polar surface area (TPSA) is 72.7 Å².